The molecule has 6 nitrogen and oxygen atoms in total. The fraction of sp³-hybridized carbons (Fsp3) is 0.364. The molecule has 2 aromatic rings. The van der Waals surface area contributed by atoms with E-state index in [1.165, 1.54) is 0 Å². The van der Waals surface area contributed by atoms with Gasteiger partial charge in [-0.15, -0.1) is 0 Å². The Labute approximate surface area is 166 Å². The zero-order chi connectivity index (χ0) is 19.8. The zero-order valence-electron chi connectivity index (χ0n) is 16.1. The van der Waals surface area contributed by atoms with Gasteiger partial charge in [-0.1, -0.05) is 30.3 Å². The molecule has 1 fully saturated rings. The second-order valence-corrected chi connectivity index (χ2v) is 7.19. The average molecular weight is 380 g/mol. The second kappa shape index (κ2) is 9.90. The van der Waals surface area contributed by atoms with Gasteiger partial charge >= 0.3 is 0 Å². The maximum Gasteiger partial charge on any atom is 0.253 e. The summed E-state index contributed by atoms with van der Waals surface area (Å²) in [6.45, 7) is 3.17. The van der Waals surface area contributed by atoms with E-state index < -0.39 is 0 Å². The number of amides is 2. The molecular weight excluding hydrogens is 352 g/mol. The fourth-order valence-corrected chi connectivity index (χ4v) is 3.56. The highest BCUT2D eigenvalue weighted by Crippen LogP contribution is 2.20. The molecule has 1 unspecified atom stereocenters. The molecule has 28 heavy (non-hydrogen) atoms. The summed E-state index contributed by atoms with van der Waals surface area (Å²) in [5, 5.41) is 6.30. The maximum atomic E-state index is 12.6. The number of piperidine rings is 1. The van der Waals surface area contributed by atoms with Crippen LogP contribution in [0.1, 0.15) is 29.6 Å². The Hall–Kier alpha value is -2.86. The molecule has 0 bridgehead atoms. The Kier molecular flexibility index (Phi) is 7.03. The van der Waals surface area contributed by atoms with E-state index in [-0.39, 0.29) is 17.7 Å². The molecule has 2 aromatic carbocycles. The first-order valence-corrected chi connectivity index (χ1v) is 9.84. The minimum absolute atomic E-state index is 0.0423. The Morgan fingerprint density at radius 3 is 2.61 bits per heavy atom. The van der Waals surface area contributed by atoms with Crippen molar-refractivity contribution in [2.45, 2.75) is 19.3 Å². The molecule has 0 aliphatic carbocycles. The van der Waals surface area contributed by atoms with E-state index in [4.69, 9.17) is 5.73 Å². The first-order chi connectivity index (χ1) is 13.6. The highest BCUT2D eigenvalue weighted by Gasteiger charge is 2.23. The van der Waals surface area contributed by atoms with Gasteiger partial charge in [-0.3, -0.25) is 9.59 Å². The van der Waals surface area contributed by atoms with Crippen LogP contribution in [-0.4, -0.2) is 42.9 Å². The van der Waals surface area contributed by atoms with Crippen molar-refractivity contribution in [2.24, 2.45) is 11.7 Å². The van der Waals surface area contributed by atoms with Gasteiger partial charge in [0.15, 0.2) is 0 Å². The number of primary amides is 1. The quantitative estimate of drug-likeness (QED) is 0.615. The largest absolute Gasteiger partial charge is 0.369 e. The molecule has 2 amide bonds. The number of rotatable bonds is 8. The number of hydrogen-bond acceptors (Lipinski definition) is 4. The lowest BCUT2D eigenvalue weighted by Crippen LogP contribution is -2.42. The van der Waals surface area contributed by atoms with Crippen molar-refractivity contribution < 1.29 is 9.59 Å². The van der Waals surface area contributed by atoms with Crippen LogP contribution >= 0.6 is 0 Å². The van der Waals surface area contributed by atoms with E-state index in [1.54, 1.807) is 0 Å². The molecule has 0 radical (unpaired) electrons. The Morgan fingerprint density at radius 2 is 1.82 bits per heavy atom. The molecule has 3 rings (SSSR count). The third kappa shape index (κ3) is 5.57. The van der Waals surface area contributed by atoms with E-state index in [0.717, 1.165) is 50.3 Å². The van der Waals surface area contributed by atoms with Crippen LogP contribution in [0, 0.1) is 5.92 Å². The molecule has 1 saturated heterocycles. The summed E-state index contributed by atoms with van der Waals surface area (Å²) in [6, 6.07) is 17.3. The highest BCUT2D eigenvalue weighted by molar-refractivity contribution is 6.00. The number of hydrogen-bond donors (Lipinski definition) is 3. The molecular formula is C22H28N4O2. The highest BCUT2D eigenvalue weighted by atomic mass is 16.2. The lowest BCUT2D eigenvalue weighted by Gasteiger charge is -2.31. The summed E-state index contributed by atoms with van der Waals surface area (Å²) in [4.78, 5) is 26.3. The van der Waals surface area contributed by atoms with Crippen molar-refractivity contribution >= 4 is 23.2 Å². The van der Waals surface area contributed by atoms with Crippen molar-refractivity contribution in [3.05, 3.63) is 60.2 Å². The lowest BCUT2D eigenvalue weighted by molar-refractivity contribution is -0.123. The van der Waals surface area contributed by atoms with Crippen LogP contribution in [0.2, 0.25) is 0 Å². The second-order valence-electron chi connectivity index (χ2n) is 7.19. The predicted octanol–water partition coefficient (Wildman–Crippen LogP) is 2.75. The van der Waals surface area contributed by atoms with Gasteiger partial charge in [0.05, 0.1) is 17.2 Å². The Morgan fingerprint density at radius 1 is 1.07 bits per heavy atom. The van der Waals surface area contributed by atoms with Crippen LogP contribution in [0.15, 0.2) is 54.6 Å². The summed E-state index contributed by atoms with van der Waals surface area (Å²) < 4.78 is 0. The topological polar surface area (TPSA) is 87.5 Å². The van der Waals surface area contributed by atoms with Crippen LogP contribution in [0.4, 0.5) is 11.4 Å². The lowest BCUT2D eigenvalue weighted by atomic mass is 9.97. The smallest absolute Gasteiger partial charge is 0.253 e. The van der Waals surface area contributed by atoms with Crippen molar-refractivity contribution in [3.8, 4) is 0 Å². The molecule has 1 aliphatic rings. The number of nitrogens with two attached hydrogens (primary N) is 1. The first kappa shape index (κ1) is 19.9. The average Bonchev–Trinajstić information content (AvgIpc) is 2.72. The SMILES string of the molecule is NC(=O)C1CCCN(CCCNC(=O)c2ccccc2Nc2ccccc2)C1. The summed E-state index contributed by atoms with van der Waals surface area (Å²) in [5.41, 5.74) is 7.78. The van der Waals surface area contributed by atoms with Gasteiger partial charge in [0.2, 0.25) is 5.91 Å². The van der Waals surface area contributed by atoms with Gasteiger partial charge in [0.25, 0.3) is 5.91 Å². The predicted molar refractivity (Wildman–Crippen MR) is 111 cm³/mol. The van der Waals surface area contributed by atoms with Crippen molar-refractivity contribution in [1.82, 2.24) is 10.2 Å². The molecule has 148 valence electrons. The normalized spacial score (nSPS) is 17.1. The van der Waals surface area contributed by atoms with Crippen molar-refractivity contribution in [1.29, 1.82) is 0 Å². The molecule has 0 saturated carbocycles. The van der Waals surface area contributed by atoms with Crippen molar-refractivity contribution in [2.75, 3.05) is 31.5 Å². The van der Waals surface area contributed by atoms with Crippen LogP contribution < -0.4 is 16.4 Å². The zero-order valence-corrected chi connectivity index (χ0v) is 16.1. The molecule has 1 aliphatic heterocycles. The molecule has 0 aromatic heterocycles. The van der Waals surface area contributed by atoms with Crippen LogP contribution in [0.5, 0.6) is 0 Å². The number of para-hydroxylation sites is 2. The fourth-order valence-electron chi connectivity index (χ4n) is 3.56. The van der Waals surface area contributed by atoms with Gasteiger partial charge in [0.1, 0.15) is 0 Å². The number of carbonyl (C=O) groups excluding carboxylic acids is 2. The summed E-state index contributed by atoms with van der Waals surface area (Å²) in [7, 11) is 0. The monoisotopic (exact) mass is 380 g/mol. The Balaban J connectivity index is 1.48. The van der Waals surface area contributed by atoms with Gasteiger partial charge < -0.3 is 21.3 Å². The number of nitrogens with zero attached hydrogens (tertiary/aromatic N) is 1. The molecule has 0 spiro atoms. The van der Waals surface area contributed by atoms with Gasteiger partial charge in [-0.2, -0.15) is 0 Å². The van der Waals surface area contributed by atoms with Gasteiger partial charge in [-0.05, 0) is 56.6 Å². The maximum absolute atomic E-state index is 12.6. The Bertz CT molecular complexity index is 794. The number of nitrogens with one attached hydrogen (secondary N) is 2. The molecule has 1 heterocycles. The minimum atomic E-state index is -0.208. The number of likely N-dealkylation sites (tertiary alicyclic amines) is 1. The standard InChI is InChI=1S/C22H28N4O2/c23-21(27)17-8-6-14-26(16-17)15-7-13-24-22(28)19-11-4-5-12-20(19)25-18-9-2-1-3-10-18/h1-5,9-12,17,25H,6-8,13-16H2,(H2,23,27)(H,24,28). The van der Waals surface area contributed by atoms with E-state index in [9.17, 15) is 9.59 Å². The van der Waals surface area contributed by atoms with Gasteiger partial charge in [0, 0.05) is 18.8 Å². The third-order valence-corrected chi connectivity index (χ3v) is 5.07. The molecule has 6 heteroatoms. The van der Waals surface area contributed by atoms with E-state index in [2.05, 4.69) is 15.5 Å². The summed E-state index contributed by atoms with van der Waals surface area (Å²) in [5.74, 6) is -0.340. The number of carbonyl (C=O) groups is 2. The van der Waals surface area contributed by atoms with E-state index >= 15 is 0 Å². The van der Waals surface area contributed by atoms with Crippen LogP contribution in [-0.2, 0) is 4.79 Å². The van der Waals surface area contributed by atoms with E-state index in [0.29, 0.717) is 12.1 Å². The minimum Gasteiger partial charge on any atom is -0.369 e. The summed E-state index contributed by atoms with van der Waals surface area (Å²) >= 11 is 0. The molecule has 4 N–H and O–H groups in total. The van der Waals surface area contributed by atoms with Crippen molar-refractivity contribution in [3.63, 3.8) is 0 Å². The molecule has 1 atom stereocenters. The van der Waals surface area contributed by atoms with Gasteiger partial charge in [-0.25, -0.2) is 0 Å². The number of benzene rings is 2. The summed E-state index contributed by atoms with van der Waals surface area (Å²) in [6.07, 6.45) is 2.72. The number of anilines is 2. The third-order valence-electron chi connectivity index (χ3n) is 5.07. The van der Waals surface area contributed by atoms with Crippen LogP contribution in [0.25, 0.3) is 0 Å². The first-order valence-electron chi connectivity index (χ1n) is 9.84. The van der Waals surface area contributed by atoms with E-state index in [1.807, 2.05) is 54.6 Å². The van der Waals surface area contributed by atoms with Crippen LogP contribution in [0.3, 0.4) is 0 Å².